The molecule has 102 valence electrons. The van der Waals surface area contributed by atoms with Gasteiger partial charge in [-0.25, -0.2) is 0 Å². The lowest BCUT2D eigenvalue weighted by molar-refractivity contribution is -0.126. The number of nitrogens with zero attached hydrogens (tertiary/aromatic N) is 1. The molecule has 20 heavy (non-hydrogen) atoms. The van der Waals surface area contributed by atoms with Gasteiger partial charge in [0.1, 0.15) is 5.78 Å². The zero-order chi connectivity index (χ0) is 13.9. The second-order valence-electron chi connectivity index (χ2n) is 5.49. The molecular formula is C18H19NO. The van der Waals surface area contributed by atoms with Crippen molar-refractivity contribution in [3.05, 3.63) is 71.8 Å². The number of ketones is 1. The predicted molar refractivity (Wildman–Crippen MR) is 80.5 cm³/mol. The highest BCUT2D eigenvalue weighted by Crippen LogP contribution is 2.34. The summed E-state index contributed by atoms with van der Waals surface area (Å²) in [5.41, 5.74) is 2.58. The van der Waals surface area contributed by atoms with Crippen molar-refractivity contribution in [3.63, 3.8) is 0 Å². The Kier molecular flexibility index (Phi) is 3.66. The predicted octanol–water partition coefficient (Wildman–Crippen LogP) is 3.30. The van der Waals surface area contributed by atoms with E-state index in [9.17, 15) is 4.79 Å². The van der Waals surface area contributed by atoms with Crippen molar-refractivity contribution < 1.29 is 4.79 Å². The van der Waals surface area contributed by atoms with Gasteiger partial charge in [0.05, 0.1) is 6.04 Å². The molecule has 2 nitrogen and oxygen atoms in total. The second kappa shape index (κ2) is 5.59. The molecule has 1 heterocycles. The number of likely N-dealkylation sites (tertiary alicyclic amines) is 1. The van der Waals surface area contributed by atoms with Crippen molar-refractivity contribution in [1.82, 2.24) is 4.90 Å². The Morgan fingerprint density at radius 1 is 0.950 bits per heavy atom. The molecule has 2 aromatic rings. The van der Waals surface area contributed by atoms with Crippen LogP contribution in [0.4, 0.5) is 0 Å². The fourth-order valence-corrected chi connectivity index (χ4v) is 2.87. The summed E-state index contributed by atoms with van der Waals surface area (Å²) in [4.78, 5) is 13.8. The van der Waals surface area contributed by atoms with Gasteiger partial charge in [-0.15, -0.1) is 0 Å². The molecule has 0 radical (unpaired) electrons. The Morgan fingerprint density at radius 3 is 1.80 bits per heavy atom. The smallest absolute Gasteiger partial charge is 0.135 e. The van der Waals surface area contributed by atoms with E-state index in [1.165, 1.54) is 11.1 Å². The van der Waals surface area contributed by atoms with Crippen LogP contribution in [0.5, 0.6) is 0 Å². The van der Waals surface area contributed by atoms with Crippen LogP contribution in [0.1, 0.15) is 24.1 Å². The van der Waals surface area contributed by atoms with E-state index in [4.69, 9.17) is 0 Å². The molecule has 0 amide bonds. The Hall–Kier alpha value is -1.93. The number of rotatable bonds is 4. The van der Waals surface area contributed by atoms with E-state index in [1.54, 1.807) is 6.92 Å². The van der Waals surface area contributed by atoms with Gasteiger partial charge < -0.3 is 0 Å². The highest BCUT2D eigenvalue weighted by Gasteiger charge is 2.35. The minimum Gasteiger partial charge on any atom is -0.300 e. The first-order valence-corrected chi connectivity index (χ1v) is 7.10. The number of benzene rings is 2. The van der Waals surface area contributed by atoms with E-state index in [-0.39, 0.29) is 12.0 Å². The molecule has 0 aliphatic carbocycles. The Balaban J connectivity index is 1.88. The largest absolute Gasteiger partial charge is 0.300 e. The number of Topliss-reactive ketones (excluding diaryl/α,β-unsaturated/α-hetero) is 1. The monoisotopic (exact) mass is 265 g/mol. The van der Waals surface area contributed by atoms with Crippen LogP contribution in [0.3, 0.4) is 0 Å². The molecular weight excluding hydrogens is 246 g/mol. The van der Waals surface area contributed by atoms with Gasteiger partial charge in [-0.05, 0) is 18.1 Å². The van der Waals surface area contributed by atoms with Gasteiger partial charge >= 0.3 is 0 Å². The van der Waals surface area contributed by atoms with Gasteiger partial charge in [0.25, 0.3) is 0 Å². The van der Waals surface area contributed by atoms with Gasteiger partial charge in [0.15, 0.2) is 0 Å². The molecule has 1 saturated heterocycles. The molecule has 0 unspecified atom stereocenters. The zero-order valence-electron chi connectivity index (χ0n) is 11.7. The van der Waals surface area contributed by atoms with Crippen LogP contribution in [-0.2, 0) is 4.79 Å². The minimum absolute atomic E-state index is 0.213. The molecule has 2 heteroatoms. The average molecular weight is 265 g/mol. The number of carbonyl (C=O) groups excluding carboxylic acids is 1. The van der Waals surface area contributed by atoms with Crippen LogP contribution in [0.2, 0.25) is 0 Å². The van der Waals surface area contributed by atoms with Crippen molar-refractivity contribution in [2.45, 2.75) is 13.0 Å². The van der Waals surface area contributed by atoms with Crippen LogP contribution in [0, 0.1) is 5.92 Å². The first-order chi connectivity index (χ1) is 9.75. The zero-order valence-corrected chi connectivity index (χ0v) is 11.7. The fourth-order valence-electron chi connectivity index (χ4n) is 2.87. The summed E-state index contributed by atoms with van der Waals surface area (Å²) in [6.45, 7) is 3.43. The third-order valence-electron chi connectivity index (χ3n) is 4.08. The van der Waals surface area contributed by atoms with Crippen molar-refractivity contribution in [2.75, 3.05) is 13.1 Å². The van der Waals surface area contributed by atoms with Crippen LogP contribution in [-0.4, -0.2) is 23.8 Å². The van der Waals surface area contributed by atoms with Gasteiger partial charge in [0, 0.05) is 19.0 Å². The molecule has 3 rings (SSSR count). The molecule has 1 fully saturated rings. The average Bonchev–Trinajstić information content (AvgIpc) is 2.43. The first kappa shape index (κ1) is 13.1. The molecule has 2 aromatic carbocycles. The summed E-state index contributed by atoms with van der Waals surface area (Å²) in [6.07, 6.45) is 0. The van der Waals surface area contributed by atoms with Crippen LogP contribution in [0.25, 0.3) is 0 Å². The maximum absolute atomic E-state index is 11.4. The molecule has 0 aromatic heterocycles. The maximum atomic E-state index is 11.4. The van der Waals surface area contributed by atoms with Gasteiger partial charge in [-0.1, -0.05) is 60.7 Å². The van der Waals surface area contributed by atoms with Crippen molar-refractivity contribution in [1.29, 1.82) is 0 Å². The maximum Gasteiger partial charge on any atom is 0.135 e. The fraction of sp³-hybridized carbons (Fsp3) is 0.278. The van der Waals surface area contributed by atoms with Crippen molar-refractivity contribution >= 4 is 5.78 Å². The Labute approximate surface area is 120 Å². The van der Waals surface area contributed by atoms with E-state index in [0.717, 1.165) is 13.1 Å². The van der Waals surface area contributed by atoms with E-state index >= 15 is 0 Å². The molecule has 0 spiro atoms. The molecule has 1 aliphatic heterocycles. The second-order valence-corrected chi connectivity index (χ2v) is 5.49. The molecule has 0 bridgehead atoms. The summed E-state index contributed by atoms with van der Waals surface area (Å²) in [5, 5.41) is 0. The first-order valence-electron chi connectivity index (χ1n) is 7.10. The van der Waals surface area contributed by atoms with Crippen LogP contribution in [0.15, 0.2) is 60.7 Å². The lowest BCUT2D eigenvalue weighted by Crippen LogP contribution is -2.51. The summed E-state index contributed by atoms with van der Waals surface area (Å²) in [5.74, 6) is 0.519. The Morgan fingerprint density at radius 2 is 1.40 bits per heavy atom. The highest BCUT2D eigenvalue weighted by atomic mass is 16.1. The van der Waals surface area contributed by atoms with Gasteiger partial charge in [-0.3, -0.25) is 9.69 Å². The third kappa shape index (κ3) is 2.52. The van der Waals surface area contributed by atoms with E-state index < -0.39 is 0 Å². The molecule has 0 atom stereocenters. The molecule has 0 saturated carbocycles. The molecule has 0 N–H and O–H groups in total. The van der Waals surface area contributed by atoms with E-state index in [2.05, 4.69) is 53.4 Å². The lowest BCUT2D eigenvalue weighted by atomic mass is 9.88. The van der Waals surface area contributed by atoms with E-state index in [0.29, 0.717) is 5.78 Å². The van der Waals surface area contributed by atoms with Crippen LogP contribution >= 0.6 is 0 Å². The Bertz CT molecular complexity index is 533. The quantitative estimate of drug-likeness (QED) is 0.845. The highest BCUT2D eigenvalue weighted by molar-refractivity contribution is 5.79. The van der Waals surface area contributed by atoms with Crippen molar-refractivity contribution in [2.24, 2.45) is 5.92 Å². The van der Waals surface area contributed by atoms with Crippen molar-refractivity contribution in [3.8, 4) is 0 Å². The number of hydrogen-bond donors (Lipinski definition) is 0. The summed E-state index contributed by atoms with van der Waals surface area (Å²) < 4.78 is 0. The topological polar surface area (TPSA) is 20.3 Å². The number of hydrogen-bond acceptors (Lipinski definition) is 2. The van der Waals surface area contributed by atoms with Gasteiger partial charge in [-0.2, -0.15) is 0 Å². The lowest BCUT2D eigenvalue weighted by Gasteiger charge is -2.43. The van der Waals surface area contributed by atoms with Gasteiger partial charge in [0.2, 0.25) is 0 Å². The standard InChI is InChI=1S/C18H19NO/c1-14(20)17-12-19(13-17)18(15-8-4-2-5-9-15)16-10-6-3-7-11-16/h2-11,17-18H,12-13H2,1H3. The minimum atomic E-state index is 0.213. The van der Waals surface area contributed by atoms with Crippen LogP contribution < -0.4 is 0 Å². The summed E-state index contributed by atoms with van der Waals surface area (Å²) in [7, 11) is 0. The normalized spacial score (nSPS) is 16.1. The third-order valence-corrected chi connectivity index (χ3v) is 4.08. The molecule has 1 aliphatic rings. The SMILES string of the molecule is CC(=O)C1CN(C(c2ccccc2)c2ccccc2)C1. The number of carbonyl (C=O) groups is 1. The van der Waals surface area contributed by atoms with E-state index in [1.807, 2.05) is 12.1 Å². The summed E-state index contributed by atoms with van der Waals surface area (Å²) in [6, 6.07) is 21.3. The summed E-state index contributed by atoms with van der Waals surface area (Å²) >= 11 is 0.